The van der Waals surface area contributed by atoms with Crippen LogP contribution in [0.1, 0.15) is 44.4 Å². The van der Waals surface area contributed by atoms with Gasteiger partial charge < -0.3 is 13.9 Å². The molecular formula is C21H28NO3+. The summed E-state index contributed by atoms with van der Waals surface area (Å²) < 4.78 is 19.1. The van der Waals surface area contributed by atoms with Crippen LogP contribution in [0.3, 0.4) is 0 Å². The number of ether oxygens (including phenoxy) is 2. The number of pyridine rings is 1. The minimum Gasteiger partial charge on any atom is -0.465 e. The standard InChI is InChI=1S/C21H28NO3/c1-21(2)16-24-20(25-17-21)7-3-4-12-22-13-10-18(11-14-22)8-9-19-6-5-15-23-19/h5-6,8-11,13-15,20H,3-4,7,12,16-17H2,1-2H3/q+1. The molecule has 3 heterocycles. The monoisotopic (exact) mass is 342 g/mol. The topological polar surface area (TPSA) is 35.5 Å². The SMILES string of the molecule is CC1(C)COC(CCCC[n+]2ccc(C=Cc3ccco3)cc2)OC1. The maximum atomic E-state index is 5.77. The van der Waals surface area contributed by atoms with Crippen molar-refractivity contribution in [2.24, 2.45) is 5.41 Å². The van der Waals surface area contributed by atoms with Crippen LogP contribution >= 0.6 is 0 Å². The number of hydrogen-bond acceptors (Lipinski definition) is 3. The van der Waals surface area contributed by atoms with E-state index >= 15 is 0 Å². The summed E-state index contributed by atoms with van der Waals surface area (Å²) in [5, 5.41) is 0. The van der Waals surface area contributed by atoms with E-state index in [-0.39, 0.29) is 11.7 Å². The molecule has 1 aliphatic heterocycles. The fourth-order valence-electron chi connectivity index (χ4n) is 2.79. The van der Waals surface area contributed by atoms with Gasteiger partial charge in [0.2, 0.25) is 0 Å². The molecule has 0 atom stereocenters. The number of rotatable bonds is 7. The molecule has 0 N–H and O–H groups in total. The van der Waals surface area contributed by atoms with Crippen molar-refractivity contribution in [2.45, 2.75) is 45.9 Å². The molecule has 0 saturated carbocycles. The zero-order valence-corrected chi connectivity index (χ0v) is 15.2. The molecule has 0 unspecified atom stereocenters. The largest absolute Gasteiger partial charge is 0.465 e. The molecule has 0 spiro atoms. The summed E-state index contributed by atoms with van der Waals surface area (Å²) in [6.07, 6.45) is 13.1. The number of aromatic nitrogens is 1. The first-order valence-corrected chi connectivity index (χ1v) is 9.05. The Morgan fingerprint density at radius 2 is 1.84 bits per heavy atom. The van der Waals surface area contributed by atoms with E-state index in [0.717, 1.165) is 44.8 Å². The van der Waals surface area contributed by atoms with Crippen molar-refractivity contribution in [2.75, 3.05) is 13.2 Å². The van der Waals surface area contributed by atoms with E-state index in [9.17, 15) is 0 Å². The molecule has 0 bridgehead atoms. The third-order valence-electron chi connectivity index (χ3n) is 4.33. The first-order chi connectivity index (χ1) is 12.1. The van der Waals surface area contributed by atoms with Crippen molar-refractivity contribution >= 4 is 12.2 Å². The predicted octanol–water partition coefficient (Wildman–Crippen LogP) is 4.31. The molecular weight excluding hydrogens is 314 g/mol. The second-order valence-corrected chi connectivity index (χ2v) is 7.43. The van der Waals surface area contributed by atoms with Gasteiger partial charge in [-0.1, -0.05) is 19.9 Å². The molecule has 0 aliphatic carbocycles. The number of aryl methyl sites for hydroxylation is 1. The van der Waals surface area contributed by atoms with E-state index in [4.69, 9.17) is 13.9 Å². The number of nitrogens with zero attached hydrogens (tertiary/aromatic N) is 1. The van der Waals surface area contributed by atoms with Crippen molar-refractivity contribution in [1.82, 2.24) is 0 Å². The van der Waals surface area contributed by atoms with Gasteiger partial charge in [-0.15, -0.1) is 0 Å². The summed E-state index contributed by atoms with van der Waals surface area (Å²) in [5.41, 5.74) is 1.32. The van der Waals surface area contributed by atoms with Crippen molar-refractivity contribution in [3.05, 3.63) is 54.2 Å². The van der Waals surface area contributed by atoms with Crippen molar-refractivity contribution < 1.29 is 18.5 Å². The maximum Gasteiger partial charge on any atom is 0.169 e. The molecule has 2 aromatic heterocycles. The third-order valence-corrected chi connectivity index (χ3v) is 4.33. The van der Waals surface area contributed by atoms with E-state index in [1.54, 1.807) is 6.26 Å². The Balaban J connectivity index is 1.36. The average molecular weight is 342 g/mol. The molecule has 4 nitrogen and oxygen atoms in total. The Hall–Kier alpha value is -1.91. The van der Waals surface area contributed by atoms with Gasteiger partial charge in [0.25, 0.3) is 0 Å². The first-order valence-electron chi connectivity index (χ1n) is 9.05. The molecule has 3 rings (SSSR count). The van der Waals surface area contributed by atoms with Gasteiger partial charge >= 0.3 is 0 Å². The van der Waals surface area contributed by atoms with E-state index in [1.807, 2.05) is 18.2 Å². The average Bonchev–Trinajstić information content (AvgIpc) is 3.13. The quantitative estimate of drug-likeness (QED) is 0.556. The lowest BCUT2D eigenvalue weighted by molar-refractivity contribution is -0.697. The second kappa shape index (κ2) is 8.45. The summed E-state index contributed by atoms with van der Waals surface area (Å²) in [6, 6.07) is 8.08. The Kier molecular flexibility index (Phi) is 6.05. The normalized spacial score (nSPS) is 18.0. The smallest absolute Gasteiger partial charge is 0.169 e. The molecule has 1 saturated heterocycles. The number of unbranched alkanes of at least 4 members (excludes halogenated alkanes) is 1. The van der Waals surface area contributed by atoms with Crippen LogP contribution in [-0.2, 0) is 16.0 Å². The fraction of sp³-hybridized carbons (Fsp3) is 0.476. The summed E-state index contributed by atoms with van der Waals surface area (Å²) in [7, 11) is 0. The second-order valence-electron chi connectivity index (χ2n) is 7.43. The molecule has 134 valence electrons. The summed E-state index contributed by atoms with van der Waals surface area (Å²) in [4.78, 5) is 0. The van der Waals surface area contributed by atoms with E-state index in [0.29, 0.717) is 0 Å². The molecule has 25 heavy (non-hydrogen) atoms. The minimum atomic E-state index is -0.0212. The van der Waals surface area contributed by atoms with Crippen LogP contribution in [-0.4, -0.2) is 19.5 Å². The lowest BCUT2D eigenvalue weighted by Crippen LogP contribution is -2.38. The van der Waals surface area contributed by atoms with Gasteiger partial charge in [-0.05, 0) is 36.6 Å². The van der Waals surface area contributed by atoms with Crippen LogP contribution < -0.4 is 4.57 Å². The summed E-state index contributed by atoms with van der Waals surface area (Å²) in [5.74, 6) is 0.868. The van der Waals surface area contributed by atoms with Crippen LogP contribution in [0.15, 0.2) is 47.3 Å². The summed E-state index contributed by atoms with van der Waals surface area (Å²) >= 11 is 0. The van der Waals surface area contributed by atoms with Crippen molar-refractivity contribution in [1.29, 1.82) is 0 Å². The van der Waals surface area contributed by atoms with Gasteiger partial charge in [-0.2, -0.15) is 0 Å². The Morgan fingerprint density at radius 3 is 2.52 bits per heavy atom. The van der Waals surface area contributed by atoms with Gasteiger partial charge in [-0.3, -0.25) is 0 Å². The van der Waals surface area contributed by atoms with Gasteiger partial charge in [0.05, 0.1) is 19.5 Å². The van der Waals surface area contributed by atoms with E-state index in [1.165, 1.54) is 5.56 Å². The molecule has 4 heteroatoms. The molecule has 2 aromatic rings. The van der Waals surface area contributed by atoms with Crippen LogP contribution in [0.2, 0.25) is 0 Å². The Bertz CT molecular complexity index is 649. The van der Waals surface area contributed by atoms with Crippen LogP contribution in [0.4, 0.5) is 0 Å². The highest BCUT2D eigenvalue weighted by Crippen LogP contribution is 2.24. The highest BCUT2D eigenvalue weighted by molar-refractivity contribution is 5.66. The van der Waals surface area contributed by atoms with E-state index in [2.05, 4.69) is 49.0 Å². The molecule has 1 fully saturated rings. The number of hydrogen-bond donors (Lipinski definition) is 0. The summed E-state index contributed by atoms with van der Waals surface area (Å²) in [6.45, 7) is 6.94. The predicted molar refractivity (Wildman–Crippen MR) is 97.6 cm³/mol. The fourth-order valence-corrected chi connectivity index (χ4v) is 2.79. The highest BCUT2D eigenvalue weighted by atomic mass is 16.7. The van der Waals surface area contributed by atoms with Crippen molar-refractivity contribution in [3.63, 3.8) is 0 Å². The Labute approximate surface area is 150 Å². The van der Waals surface area contributed by atoms with Crippen molar-refractivity contribution in [3.8, 4) is 0 Å². The third kappa shape index (κ3) is 5.83. The molecule has 1 aliphatic rings. The lowest BCUT2D eigenvalue weighted by Gasteiger charge is -2.34. The minimum absolute atomic E-state index is 0.0212. The number of furan rings is 1. The highest BCUT2D eigenvalue weighted by Gasteiger charge is 2.27. The van der Waals surface area contributed by atoms with Gasteiger partial charge in [0.15, 0.2) is 18.7 Å². The lowest BCUT2D eigenvalue weighted by atomic mass is 9.95. The van der Waals surface area contributed by atoms with Gasteiger partial charge in [0.1, 0.15) is 12.3 Å². The zero-order valence-electron chi connectivity index (χ0n) is 15.2. The van der Waals surface area contributed by atoms with E-state index < -0.39 is 0 Å². The van der Waals surface area contributed by atoms with Gasteiger partial charge in [-0.25, -0.2) is 4.57 Å². The maximum absolute atomic E-state index is 5.77. The van der Waals surface area contributed by atoms with Crippen LogP contribution in [0.25, 0.3) is 12.2 Å². The van der Waals surface area contributed by atoms with Crippen LogP contribution in [0.5, 0.6) is 0 Å². The zero-order chi connectivity index (χ0) is 17.5. The Morgan fingerprint density at radius 1 is 1.08 bits per heavy atom. The molecule has 0 aromatic carbocycles. The first kappa shape index (κ1) is 17.9. The molecule has 0 amide bonds. The van der Waals surface area contributed by atoms with Crippen LogP contribution in [0, 0.1) is 5.41 Å². The molecule has 0 radical (unpaired) electrons. The van der Waals surface area contributed by atoms with Gasteiger partial charge in [0, 0.05) is 24.0 Å².